The van der Waals surface area contributed by atoms with Crippen LogP contribution >= 0.6 is 0 Å². The van der Waals surface area contributed by atoms with Gasteiger partial charge in [-0.3, -0.25) is 0 Å². The van der Waals surface area contributed by atoms with Gasteiger partial charge in [-0.1, -0.05) is 178 Å². The van der Waals surface area contributed by atoms with Crippen molar-refractivity contribution in [2.45, 2.75) is 19.3 Å². The Morgan fingerprint density at radius 2 is 0.672 bits per heavy atom. The molecule has 0 saturated carbocycles. The number of hydrogen-bond donors (Lipinski definition) is 0. The van der Waals surface area contributed by atoms with Crippen LogP contribution in [0.4, 0.5) is 17.1 Å². The zero-order chi connectivity index (χ0) is 43.0. The third-order valence-electron chi connectivity index (χ3n) is 12.1. The van der Waals surface area contributed by atoms with Crippen molar-refractivity contribution in [3.05, 3.63) is 230 Å². The highest BCUT2D eigenvalue weighted by Gasteiger charge is 2.36. The summed E-state index contributed by atoms with van der Waals surface area (Å²) in [6.45, 7) is 4.63. The molecule has 304 valence electrons. The Kier molecular flexibility index (Phi) is 9.74. The molecule has 0 unspecified atom stereocenters. The zero-order valence-corrected chi connectivity index (χ0v) is 35.5. The average molecular weight is 823 g/mol. The molecule has 0 amide bonds. The largest absolute Gasteiger partial charge is 0.310 e. The molecular weight excluding hydrogens is 781 g/mol. The van der Waals surface area contributed by atoms with E-state index in [4.69, 9.17) is 24.9 Å². The van der Waals surface area contributed by atoms with E-state index in [1.807, 2.05) is 78.9 Å². The molecule has 10 aromatic rings. The summed E-state index contributed by atoms with van der Waals surface area (Å²) in [6, 6.07) is 75.6. The molecule has 2 aromatic heterocycles. The van der Waals surface area contributed by atoms with Crippen LogP contribution < -0.4 is 4.90 Å². The van der Waals surface area contributed by atoms with E-state index in [1.165, 1.54) is 22.5 Å². The molecule has 0 N–H and O–H groups in total. The molecular formula is C58H42N6. The Bertz CT molecular complexity index is 3190. The van der Waals surface area contributed by atoms with E-state index in [9.17, 15) is 0 Å². The van der Waals surface area contributed by atoms with Crippen LogP contribution in [-0.2, 0) is 5.41 Å². The fourth-order valence-electron chi connectivity index (χ4n) is 8.82. The summed E-state index contributed by atoms with van der Waals surface area (Å²) >= 11 is 0. The van der Waals surface area contributed by atoms with Gasteiger partial charge < -0.3 is 4.90 Å². The predicted octanol–water partition coefficient (Wildman–Crippen LogP) is 14.4. The maximum Gasteiger partial charge on any atom is 0.164 e. The molecule has 0 spiro atoms. The molecule has 1 aliphatic rings. The second-order valence-corrected chi connectivity index (χ2v) is 16.6. The SMILES string of the molecule is CC1(C)c2ccccc2N(c2ccc(-c3nc(-c4ccccc4)cc(-c4cccc(-c5cccc(-c6nc(-c7ccccc7)nc(-c7ccccc7)n6)c5)c4)n3)cc2)c2ccccc21. The molecule has 0 aliphatic carbocycles. The van der Waals surface area contributed by atoms with Crippen LogP contribution in [0.5, 0.6) is 0 Å². The first-order valence-corrected chi connectivity index (χ1v) is 21.6. The van der Waals surface area contributed by atoms with Gasteiger partial charge in [0.1, 0.15) is 0 Å². The summed E-state index contributed by atoms with van der Waals surface area (Å²) in [5.41, 5.74) is 15.5. The van der Waals surface area contributed by atoms with E-state index in [2.05, 4.69) is 158 Å². The maximum atomic E-state index is 5.26. The topological polar surface area (TPSA) is 67.7 Å². The Labute approximate surface area is 373 Å². The number of para-hydroxylation sites is 2. The smallest absolute Gasteiger partial charge is 0.164 e. The summed E-state index contributed by atoms with van der Waals surface area (Å²) in [7, 11) is 0. The second-order valence-electron chi connectivity index (χ2n) is 16.6. The van der Waals surface area contributed by atoms with Gasteiger partial charge >= 0.3 is 0 Å². The minimum absolute atomic E-state index is 0.126. The first kappa shape index (κ1) is 38.6. The van der Waals surface area contributed by atoms with Crippen LogP contribution in [-0.4, -0.2) is 24.9 Å². The molecule has 0 bridgehead atoms. The Hall–Kier alpha value is -8.35. The molecule has 0 saturated heterocycles. The van der Waals surface area contributed by atoms with E-state index in [1.54, 1.807) is 0 Å². The molecule has 8 aromatic carbocycles. The van der Waals surface area contributed by atoms with Crippen LogP contribution in [0.1, 0.15) is 25.0 Å². The first-order chi connectivity index (χ1) is 31.5. The minimum Gasteiger partial charge on any atom is -0.310 e. The van der Waals surface area contributed by atoms with Gasteiger partial charge in [-0.15, -0.1) is 0 Å². The van der Waals surface area contributed by atoms with Gasteiger partial charge in [0.15, 0.2) is 23.3 Å². The van der Waals surface area contributed by atoms with Crippen molar-refractivity contribution < 1.29 is 0 Å². The van der Waals surface area contributed by atoms with Crippen molar-refractivity contribution >= 4 is 17.1 Å². The number of nitrogens with zero attached hydrogens (tertiary/aromatic N) is 6. The standard InChI is InChI=1S/C58H42N6/c1-58(2)48-28-12-14-30-52(48)64(53-31-15-13-29-49(53)58)47-34-32-42(33-35-47)54-59-50(39-18-6-3-7-19-39)38-51(60-54)45-26-16-24-43(36-45)44-25-17-27-46(37-44)57-62-55(40-20-8-4-9-21-40)61-56(63-57)41-22-10-5-11-23-41/h3-38H,1-2H3. The number of aromatic nitrogens is 5. The normalized spacial score (nSPS) is 12.6. The highest BCUT2D eigenvalue weighted by Crippen LogP contribution is 2.51. The summed E-state index contributed by atoms with van der Waals surface area (Å²) in [4.78, 5) is 27.7. The highest BCUT2D eigenvalue weighted by atomic mass is 15.2. The van der Waals surface area contributed by atoms with Crippen LogP contribution in [0.25, 0.3) is 79.2 Å². The lowest BCUT2D eigenvalue weighted by atomic mass is 9.73. The van der Waals surface area contributed by atoms with Crippen molar-refractivity contribution in [3.8, 4) is 79.2 Å². The number of rotatable bonds is 8. The van der Waals surface area contributed by atoms with Crippen molar-refractivity contribution in [3.63, 3.8) is 0 Å². The predicted molar refractivity (Wildman–Crippen MR) is 260 cm³/mol. The Morgan fingerprint density at radius 3 is 1.22 bits per heavy atom. The van der Waals surface area contributed by atoms with Crippen LogP contribution in [0.15, 0.2) is 218 Å². The van der Waals surface area contributed by atoms with E-state index in [0.717, 1.165) is 61.6 Å². The molecule has 0 atom stereocenters. The van der Waals surface area contributed by atoms with Crippen LogP contribution in [0.3, 0.4) is 0 Å². The third kappa shape index (κ3) is 7.21. The third-order valence-corrected chi connectivity index (χ3v) is 12.1. The summed E-state index contributed by atoms with van der Waals surface area (Å²) < 4.78 is 0. The second kappa shape index (κ2) is 16.2. The lowest BCUT2D eigenvalue weighted by Crippen LogP contribution is -2.30. The fourth-order valence-corrected chi connectivity index (χ4v) is 8.82. The zero-order valence-electron chi connectivity index (χ0n) is 35.5. The lowest BCUT2D eigenvalue weighted by molar-refractivity contribution is 0.632. The number of benzene rings is 8. The van der Waals surface area contributed by atoms with Gasteiger partial charge in [0.25, 0.3) is 0 Å². The molecule has 64 heavy (non-hydrogen) atoms. The summed E-state index contributed by atoms with van der Waals surface area (Å²) in [6.07, 6.45) is 0. The molecule has 11 rings (SSSR count). The molecule has 0 radical (unpaired) electrons. The monoisotopic (exact) mass is 822 g/mol. The van der Waals surface area contributed by atoms with Crippen molar-refractivity contribution in [1.29, 1.82) is 0 Å². The maximum absolute atomic E-state index is 5.26. The van der Waals surface area contributed by atoms with Crippen molar-refractivity contribution in [1.82, 2.24) is 24.9 Å². The number of hydrogen-bond acceptors (Lipinski definition) is 6. The van der Waals surface area contributed by atoms with Gasteiger partial charge in [-0.2, -0.15) is 0 Å². The summed E-state index contributed by atoms with van der Waals surface area (Å²) in [5.74, 6) is 2.54. The molecule has 6 heteroatoms. The Balaban J connectivity index is 0.966. The van der Waals surface area contributed by atoms with E-state index in [0.29, 0.717) is 23.3 Å². The van der Waals surface area contributed by atoms with Crippen molar-refractivity contribution in [2.75, 3.05) is 4.90 Å². The van der Waals surface area contributed by atoms with Gasteiger partial charge in [0.2, 0.25) is 0 Å². The van der Waals surface area contributed by atoms with Gasteiger partial charge in [0.05, 0.1) is 22.8 Å². The molecule has 6 nitrogen and oxygen atoms in total. The minimum atomic E-state index is -0.126. The first-order valence-electron chi connectivity index (χ1n) is 21.6. The van der Waals surface area contributed by atoms with E-state index in [-0.39, 0.29) is 5.41 Å². The van der Waals surface area contributed by atoms with Crippen LogP contribution in [0, 0.1) is 0 Å². The number of anilines is 3. The molecule has 3 heterocycles. The van der Waals surface area contributed by atoms with E-state index >= 15 is 0 Å². The summed E-state index contributed by atoms with van der Waals surface area (Å²) in [5, 5.41) is 0. The van der Waals surface area contributed by atoms with Crippen LogP contribution in [0.2, 0.25) is 0 Å². The fraction of sp³-hybridized carbons (Fsp3) is 0.0517. The molecule has 1 aliphatic heterocycles. The highest BCUT2D eigenvalue weighted by molar-refractivity contribution is 5.86. The van der Waals surface area contributed by atoms with Crippen molar-refractivity contribution in [2.24, 2.45) is 0 Å². The molecule has 0 fully saturated rings. The lowest BCUT2D eigenvalue weighted by Gasteiger charge is -2.42. The number of fused-ring (bicyclic) bond motifs is 2. The quantitative estimate of drug-likeness (QED) is 0.152. The van der Waals surface area contributed by atoms with E-state index < -0.39 is 0 Å². The van der Waals surface area contributed by atoms with Gasteiger partial charge in [-0.25, -0.2) is 24.9 Å². The Morgan fingerprint density at radius 1 is 0.297 bits per heavy atom. The average Bonchev–Trinajstić information content (AvgIpc) is 3.37. The van der Waals surface area contributed by atoms with Gasteiger partial charge in [-0.05, 0) is 76.9 Å². The van der Waals surface area contributed by atoms with Gasteiger partial charge in [0, 0.05) is 44.5 Å².